The molecule has 0 radical (unpaired) electrons. The van der Waals surface area contributed by atoms with Gasteiger partial charge in [-0.1, -0.05) is 23.7 Å². The normalized spacial score (nSPS) is 22.6. The van der Waals surface area contributed by atoms with Crippen molar-refractivity contribution >= 4 is 33.0 Å². The Morgan fingerprint density at radius 3 is 2.28 bits per heavy atom. The van der Waals surface area contributed by atoms with Gasteiger partial charge in [-0.05, 0) is 107 Å². The van der Waals surface area contributed by atoms with Crippen molar-refractivity contribution in [3.63, 3.8) is 0 Å². The molecule has 2 aromatic rings. The van der Waals surface area contributed by atoms with Crippen molar-refractivity contribution in [1.29, 1.82) is 0 Å². The van der Waals surface area contributed by atoms with Crippen LogP contribution in [0.25, 0.3) is 0 Å². The first-order valence-electron chi connectivity index (χ1n) is 13.1. The van der Waals surface area contributed by atoms with Gasteiger partial charge in [0.15, 0.2) is 0 Å². The van der Waals surface area contributed by atoms with Crippen molar-refractivity contribution in [2.75, 3.05) is 29.9 Å². The Bertz CT molecular complexity index is 1120. The van der Waals surface area contributed by atoms with Crippen molar-refractivity contribution in [3.8, 4) is 0 Å². The number of piperidine rings is 1. The number of aryl methyl sites for hydroxylation is 1. The molecular weight excluding hydrogens is 494 g/mol. The number of hydrogen-bond acceptors (Lipinski definition) is 5. The van der Waals surface area contributed by atoms with Gasteiger partial charge in [0.1, 0.15) is 0 Å². The lowest BCUT2D eigenvalue weighted by Gasteiger charge is -2.40. The second-order valence-electron chi connectivity index (χ2n) is 10.8. The molecule has 0 amide bonds. The van der Waals surface area contributed by atoms with Crippen LogP contribution in [0.2, 0.25) is 5.02 Å². The summed E-state index contributed by atoms with van der Waals surface area (Å²) in [6.45, 7) is 8.08. The molecule has 0 unspecified atom stereocenters. The average molecular weight is 534 g/mol. The quantitative estimate of drug-likeness (QED) is 0.421. The van der Waals surface area contributed by atoms with Crippen molar-refractivity contribution in [1.82, 2.24) is 4.72 Å². The van der Waals surface area contributed by atoms with Gasteiger partial charge in [0, 0.05) is 42.1 Å². The molecule has 6 nitrogen and oxygen atoms in total. The zero-order valence-electron chi connectivity index (χ0n) is 21.6. The van der Waals surface area contributed by atoms with E-state index in [0.29, 0.717) is 23.8 Å². The summed E-state index contributed by atoms with van der Waals surface area (Å²) in [5.74, 6) is 0.552. The Morgan fingerprint density at radius 2 is 1.69 bits per heavy atom. The number of hydrogen-bond donors (Lipinski definition) is 3. The molecule has 36 heavy (non-hydrogen) atoms. The Balaban J connectivity index is 1.26. The number of nitrogens with zero attached hydrogens (tertiary/aromatic N) is 1. The van der Waals surface area contributed by atoms with Gasteiger partial charge < -0.3 is 15.3 Å². The first kappa shape index (κ1) is 27.2. The van der Waals surface area contributed by atoms with Crippen LogP contribution in [0.15, 0.2) is 42.5 Å². The van der Waals surface area contributed by atoms with Crippen LogP contribution >= 0.6 is 11.6 Å². The summed E-state index contributed by atoms with van der Waals surface area (Å²) >= 11 is 6.01. The summed E-state index contributed by atoms with van der Waals surface area (Å²) in [4.78, 5) is 2.35. The number of halogens is 1. The van der Waals surface area contributed by atoms with Crippen LogP contribution in [-0.4, -0.2) is 44.5 Å². The van der Waals surface area contributed by atoms with Crippen LogP contribution < -0.4 is 14.9 Å². The van der Waals surface area contributed by atoms with Crippen LogP contribution in [0.4, 0.5) is 11.4 Å². The highest BCUT2D eigenvalue weighted by atomic mass is 35.5. The highest BCUT2D eigenvalue weighted by molar-refractivity contribution is 7.90. The van der Waals surface area contributed by atoms with E-state index in [1.807, 2.05) is 24.3 Å². The first-order chi connectivity index (χ1) is 17.1. The first-order valence-corrected chi connectivity index (χ1v) is 15.1. The number of sulfonamides is 1. The number of rotatable bonds is 8. The Hall–Kier alpha value is -1.80. The topological polar surface area (TPSA) is 81.7 Å². The fourth-order valence-electron chi connectivity index (χ4n) is 5.33. The monoisotopic (exact) mass is 533 g/mol. The molecular formula is C28H40ClN3O3S. The second kappa shape index (κ2) is 11.3. The molecule has 1 saturated heterocycles. The predicted octanol–water partition coefficient (Wildman–Crippen LogP) is 5.43. The Labute approximate surface area is 221 Å². The summed E-state index contributed by atoms with van der Waals surface area (Å²) in [5, 5.41) is 15.1. The molecule has 0 bridgehead atoms. The van der Waals surface area contributed by atoms with Gasteiger partial charge >= 0.3 is 0 Å². The zero-order chi connectivity index (χ0) is 25.9. The Morgan fingerprint density at radius 1 is 1.06 bits per heavy atom. The third-order valence-electron chi connectivity index (χ3n) is 7.93. The molecule has 1 heterocycles. The summed E-state index contributed by atoms with van der Waals surface area (Å²) in [5.41, 5.74) is 3.69. The number of benzene rings is 2. The molecule has 1 aliphatic heterocycles. The average Bonchev–Trinajstić information content (AvgIpc) is 2.85. The van der Waals surface area contributed by atoms with Crippen LogP contribution in [0.3, 0.4) is 0 Å². The van der Waals surface area contributed by atoms with Gasteiger partial charge in [-0.2, -0.15) is 0 Å². The lowest BCUT2D eigenvalue weighted by atomic mass is 9.84. The molecule has 0 spiro atoms. The fraction of sp³-hybridized carbons (Fsp3) is 0.571. The van der Waals surface area contributed by atoms with Crippen molar-refractivity contribution < 1.29 is 13.5 Å². The molecule has 2 aromatic carbocycles. The largest absolute Gasteiger partial charge is 0.385 e. The van der Waals surface area contributed by atoms with E-state index < -0.39 is 15.6 Å². The van der Waals surface area contributed by atoms with Crippen LogP contribution in [0.1, 0.15) is 63.5 Å². The van der Waals surface area contributed by atoms with E-state index in [4.69, 9.17) is 11.6 Å². The number of anilines is 2. The molecule has 8 heteroatoms. The second-order valence-corrected chi connectivity index (χ2v) is 13.5. The molecule has 2 aliphatic rings. The van der Waals surface area contributed by atoms with Gasteiger partial charge in [-0.3, -0.25) is 0 Å². The molecule has 0 atom stereocenters. The zero-order valence-corrected chi connectivity index (χ0v) is 23.2. The van der Waals surface area contributed by atoms with Gasteiger partial charge in [0.05, 0.1) is 10.9 Å². The van der Waals surface area contributed by atoms with E-state index in [-0.39, 0.29) is 11.3 Å². The minimum absolute atomic E-state index is 0.0663. The minimum atomic E-state index is -3.20. The maximum Gasteiger partial charge on any atom is 0.214 e. The van der Waals surface area contributed by atoms with Gasteiger partial charge in [-0.25, -0.2) is 13.1 Å². The van der Waals surface area contributed by atoms with E-state index in [9.17, 15) is 13.5 Å². The van der Waals surface area contributed by atoms with Crippen LogP contribution in [-0.2, 0) is 15.6 Å². The maximum atomic E-state index is 12.1. The summed E-state index contributed by atoms with van der Waals surface area (Å²) < 4.78 is 27.1. The van der Waals surface area contributed by atoms with E-state index in [0.717, 1.165) is 56.6 Å². The van der Waals surface area contributed by atoms with Crippen LogP contribution in [0, 0.1) is 12.8 Å². The van der Waals surface area contributed by atoms with E-state index >= 15 is 0 Å². The molecule has 1 aliphatic carbocycles. The van der Waals surface area contributed by atoms with E-state index in [2.05, 4.69) is 40.1 Å². The summed E-state index contributed by atoms with van der Waals surface area (Å²) in [6, 6.07) is 14.2. The molecule has 2 fully saturated rings. The fourth-order valence-corrected chi connectivity index (χ4v) is 6.43. The number of aliphatic hydroxyl groups is 1. The third kappa shape index (κ3) is 6.55. The Kier molecular flexibility index (Phi) is 8.55. The van der Waals surface area contributed by atoms with E-state index in [1.165, 1.54) is 11.3 Å². The molecule has 0 aromatic heterocycles. The molecule has 3 N–H and O–H groups in total. The predicted molar refractivity (Wildman–Crippen MR) is 149 cm³/mol. The van der Waals surface area contributed by atoms with Crippen molar-refractivity contribution in [2.45, 2.75) is 76.2 Å². The van der Waals surface area contributed by atoms with Crippen molar-refractivity contribution in [2.24, 2.45) is 5.92 Å². The van der Waals surface area contributed by atoms with Gasteiger partial charge in [-0.15, -0.1) is 0 Å². The highest BCUT2D eigenvalue weighted by Gasteiger charge is 2.34. The smallest absolute Gasteiger partial charge is 0.214 e. The lowest BCUT2D eigenvalue weighted by Crippen LogP contribution is -2.42. The minimum Gasteiger partial charge on any atom is -0.385 e. The standard InChI is InChI=1S/C28H40ClN3O3S/c1-20(2)36(34,35)31-25-10-4-22(5-11-25)19-30-27-13-12-26(18-21(27)3)32-16-14-28(33,15-17-32)23-6-8-24(29)9-7-23/h6-9,12-13,18,20,22,25,30-31,33H,4-5,10-11,14-17,19H2,1-3H3. The maximum absolute atomic E-state index is 12.1. The summed E-state index contributed by atoms with van der Waals surface area (Å²) in [6.07, 6.45) is 5.22. The highest BCUT2D eigenvalue weighted by Crippen LogP contribution is 2.36. The molecule has 4 rings (SSSR count). The molecule has 198 valence electrons. The van der Waals surface area contributed by atoms with Crippen molar-refractivity contribution in [3.05, 3.63) is 58.6 Å². The lowest BCUT2D eigenvalue weighted by molar-refractivity contribution is 0.0118. The van der Waals surface area contributed by atoms with Gasteiger partial charge in [0.2, 0.25) is 10.0 Å². The number of nitrogens with one attached hydrogen (secondary N) is 2. The van der Waals surface area contributed by atoms with Gasteiger partial charge in [0.25, 0.3) is 0 Å². The van der Waals surface area contributed by atoms with Crippen LogP contribution in [0.5, 0.6) is 0 Å². The SMILES string of the molecule is Cc1cc(N2CCC(O)(c3ccc(Cl)cc3)CC2)ccc1NCC1CCC(NS(=O)(=O)C(C)C)CC1. The van der Waals surface area contributed by atoms with E-state index in [1.54, 1.807) is 13.8 Å². The molecule has 1 saturated carbocycles. The third-order valence-corrected chi connectivity index (χ3v) is 10.1. The summed E-state index contributed by atoms with van der Waals surface area (Å²) in [7, 11) is -3.20.